The summed E-state index contributed by atoms with van der Waals surface area (Å²) in [6.45, 7) is 0. The third-order valence-corrected chi connectivity index (χ3v) is 2.64. The van der Waals surface area contributed by atoms with Gasteiger partial charge < -0.3 is 0 Å². The van der Waals surface area contributed by atoms with Crippen LogP contribution in [-0.4, -0.2) is 9.96 Å². The zero-order chi connectivity index (χ0) is 8.97. The van der Waals surface area contributed by atoms with Gasteiger partial charge in [0.1, 0.15) is 0 Å². The minimum atomic E-state index is -1.18. The summed E-state index contributed by atoms with van der Waals surface area (Å²) in [5, 5.41) is 5.13. The average molecular weight is 248 g/mol. The molecule has 0 saturated carbocycles. The molecule has 1 aromatic carbocycles. The normalized spacial score (nSPS) is 12.8. The van der Waals surface area contributed by atoms with E-state index in [-0.39, 0.29) is 0 Å². The van der Waals surface area contributed by atoms with Gasteiger partial charge in [0.15, 0.2) is 0 Å². The second kappa shape index (κ2) is 4.74. The van der Waals surface area contributed by atoms with Crippen LogP contribution in [0.5, 0.6) is 0 Å². The molecule has 0 unspecified atom stereocenters. The van der Waals surface area contributed by atoms with Crippen LogP contribution in [0.2, 0.25) is 0 Å². The molecule has 4 heteroatoms. The van der Waals surface area contributed by atoms with Crippen molar-refractivity contribution in [2.24, 2.45) is 5.14 Å². The van der Waals surface area contributed by atoms with Gasteiger partial charge in [0.2, 0.25) is 0 Å². The van der Waals surface area contributed by atoms with E-state index in [4.69, 9.17) is 5.14 Å². The molecule has 66 valence electrons. The van der Waals surface area contributed by atoms with Gasteiger partial charge in [0.05, 0.1) is 11.0 Å². The quantitative estimate of drug-likeness (QED) is 0.867. The summed E-state index contributed by atoms with van der Waals surface area (Å²) in [6.07, 6.45) is 0.774. The first-order chi connectivity index (χ1) is 5.68. The van der Waals surface area contributed by atoms with Crippen LogP contribution in [0.1, 0.15) is 5.56 Å². The second-order valence-corrected chi connectivity index (χ2v) is 4.55. The highest BCUT2D eigenvalue weighted by Crippen LogP contribution is 2.10. The molecule has 0 aliphatic carbocycles. The summed E-state index contributed by atoms with van der Waals surface area (Å²) in [5.41, 5.74) is 1.16. The fourth-order valence-corrected chi connectivity index (χ4v) is 1.57. The molecule has 1 rings (SSSR count). The zero-order valence-corrected chi connectivity index (χ0v) is 8.90. The Morgan fingerprint density at radius 1 is 1.33 bits per heavy atom. The first kappa shape index (κ1) is 9.89. The summed E-state index contributed by atoms with van der Waals surface area (Å²) < 4.78 is 11.6. The van der Waals surface area contributed by atoms with Gasteiger partial charge in [-0.05, 0) is 24.1 Å². The van der Waals surface area contributed by atoms with Crippen molar-refractivity contribution in [3.63, 3.8) is 0 Å². The monoisotopic (exact) mass is 247 g/mol. The first-order valence-corrected chi connectivity index (χ1v) is 5.73. The van der Waals surface area contributed by atoms with Crippen molar-refractivity contribution in [1.82, 2.24) is 0 Å². The van der Waals surface area contributed by atoms with E-state index in [2.05, 4.69) is 15.9 Å². The third kappa shape index (κ3) is 3.47. The highest BCUT2D eigenvalue weighted by Gasteiger charge is 1.95. The maximum Gasteiger partial charge on any atom is 0.0891 e. The molecule has 12 heavy (non-hydrogen) atoms. The predicted octanol–water partition coefficient (Wildman–Crippen LogP) is 1.61. The fourth-order valence-electron chi connectivity index (χ4n) is 0.870. The van der Waals surface area contributed by atoms with E-state index < -0.39 is 11.0 Å². The molecule has 1 aromatic rings. The Morgan fingerprint density at radius 2 is 1.92 bits per heavy atom. The predicted molar refractivity (Wildman–Crippen MR) is 55.0 cm³/mol. The number of nitrogens with two attached hydrogens (primary N) is 1. The van der Waals surface area contributed by atoms with Gasteiger partial charge in [-0.25, -0.2) is 4.21 Å². The fraction of sp³-hybridized carbons (Fsp3) is 0.250. The summed E-state index contributed by atoms with van der Waals surface area (Å²) in [5.74, 6) is 0.529. The van der Waals surface area contributed by atoms with Gasteiger partial charge in [0, 0.05) is 10.2 Å². The second-order valence-electron chi connectivity index (χ2n) is 2.46. The smallest absolute Gasteiger partial charge is 0.0891 e. The van der Waals surface area contributed by atoms with Gasteiger partial charge in [-0.3, -0.25) is 5.14 Å². The Labute approximate surface area is 82.9 Å². The molecule has 2 N–H and O–H groups in total. The van der Waals surface area contributed by atoms with Crippen LogP contribution >= 0.6 is 15.9 Å². The van der Waals surface area contributed by atoms with Crippen LogP contribution in [0.25, 0.3) is 0 Å². The number of halogens is 1. The summed E-state index contributed by atoms with van der Waals surface area (Å²) >= 11 is 3.34. The van der Waals surface area contributed by atoms with Gasteiger partial charge in [-0.2, -0.15) is 0 Å². The molecule has 0 aliphatic heterocycles. The SMILES string of the molecule is N[S@](=O)CCc1ccc(Br)cc1. The minimum absolute atomic E-state index is 0.529. The lowest BCUT2D eigenvalue weighted by Crippen LogP contribution is -2.09. The molecular formula is C8H10BrNOS. The van der Waals surface area contributed by atoms with Crippen LogP contribution in [-0.2, 0) is 17.4 Å². The topological polar surface area (TPSA) is 43.1 Å². The maximum absolute atomic E-state index is 10.6. The summed E-state index contributed by atoms with van der Waals surface area (Å²) in [7, 11) is -1.18. The molecule has 0 spiro atoms. The van der Waals surface area contributed by atoms with E-state index in [0.717, 1.165) is 16.5 Å². The van der Waals surface area contributed by atoms with E-state index in [9.17, 15) is 4.21 Å². The summed E-state index contributed by atoms with van der Waals surface area (Å²) in [6, 6.07) is 7.93. The largest absolute Gasteiger partial charge is 0.252 e. The van der Waals surface area contributed by atoms with E-state index in [1.807, 2.05) is 24.3 Å². The van der Waals surface area contributed by atoms with Crippen molar-refractivity contribution in [3.8, 4) is 0 Å². The number of aryl methyl sites for hydroxylation is 1. The maximum atomic E-state index is 10.6. The molecule has 0 aromatic heterocycles. The minimum Gasteiger partial charge on any atom is -0.252 e. The first-order valence-electron chi connectivity index (χ1n) is 3.55. The van der Waals surface area contributed by atoms with Crippen molar-refractivity contribution in [3.05, 3.63) is 34.3 Å². The molecule has 0 heterocycles. The summed E-state index contributed by atoms with van der Waals surface area (Å²) in [4.78, 5) is 0. The molecular weight excluding hydrogens is 238 g/mol. The molecule has 0 fully saturated rings. The Kier molecular flexibility index (Phi) is 3.91. The van der Waals surface area contributed by atoms with Crippen LogP contribution < -0.4 is 5.14 Å². The zero-order valence-electron chi connectivity index (χ0n) is 6.50. The Bertz CT molecular complexity index is 273. The lowest BCUT2D eigenvalue weighted by molar-refractivity contribution is 0.683. The van der Waals surface area contributed by atoms with Crippen molar-refractivity contribution in [1.29, 1.82) is 0 Å². The number of hydrogen-bond acceptors (Lipinski definition) is 1. The van der Waals surface area contributed by atoms with Crippen molar-refractivity contribution in [2.75, 3.05) is 5.75 Å². The molecule has 0 bridgehead atoms. The van der Waals surface area contributed by atoms with Crippen LogP contribution in [0, 0.1) is 0 Å². The highest BCUT2D eigenvalue weighted by molar-refractivity contribution is 9.10. The Morgan fingerprint density at radius 3 is 2.42 bits per heavy atom. The van der Waals surface area contributed by atoms with Crippen LogP contribution in [0.4, 0.5) is 0 Å². The average Bonchev–Trinajstić information content (AvgIpc) is 2.03. The standard InChI is InChI=1S/C8H10BrNOS/c9-8-3-1-7(2-4-8)5-6-12(10)11/h1-4H,5-6,10H2/t12-/m1/s1. The van der Waals surface area contributed by atoms with Gasteiger partial charge in [-0.1, -0.05) is 28.1 Å². The van der Waals surface area contributed by atoms with E-state index in [1.54, 1.807) is 0 Å². The number of benzene rings is 1. The number of hydrogen-bond donors (Lipinski definition) is 1. The third-order valence-electron chi connectivity index (χ3n) is 1.51. The molecule has 1 atom stereocenters. The highest BCUT2D eigenvalue weighted by atomic mass is 79.9. The van der Waals surface area contributed by atoms with Gasteiger partial charge in [0.25, 0.3) is 0 Å². The Balaban J connectivity index is 2.53. The molecule has 0 aliphatic rings. The molecule has 2 nitrogen and oxygen atoms in total. The van der Waals surface area contributed by atoms with Gasteiger partial charge in [-0.15, -0.1) is 0 Å². The lowest BCUT2D eigenvalue weighted by atomic mass is 10.2. The van der Waals surface area contributed by atoms with Gasteiger partial charge >= 0.3 is 0 Å². The van der Waals surface area contributed by atoms with Crippen molar-refractivity contribution in [2.45, 2.75) is 6.42 Å². The van der Waals surface area contributed by atoms with Crippen LogP contribution in [0.3, 0.4) is 0 Å². The van der Waals surface area contributed by atoms with E-state index in [0.29, 0.717) is 5.75 Å². The van der Waals surface area contributed by atoms with Crippen molar-refractivity contribution < 1.29 is 4.21 Å². The molecule has 0 radical (unpaired) electrons. The van der Waals surface area contributed by atoms with E-state index in [1.165, 1.54) is 0 Å². The van der Waals surface area contributed by atoms with E-state index >= 15 is 0 Å². The molecule has 0 amide bonds. The van der Waals surface area contributed by atoms with Crippen LogP contribution in [0.15, 0.2) is 28.7 Å². The van der Waals surface area contributed by atoms with Crippen molar-refractivity contribution >= 4 is 26.9 Å². The molecule has 0 saturated heterocycles. The lowest BCUT2D eigenvalue weighted by Gasteiger charge is -1.98. The number of rotatable bonds is 3. The Hall–Kier alpha value is -0.190.